The molecule has 4 nitrogen and oxygen atoms in total. The summed E-state index contributed by atoms with van der Waals surface area (Å²) in [6.45, 7) is 4.70. The predicted octanol–water partition coefficient (Wildman–Crippen LogP) is 3.42. The average molecular weight is 301 g/mol. The van der Waals surface area contributed by atoms with E-state index in [-0.39, 0.29) is 17.9 Å². The molecule has 0 saturated carbocycles. The summed E-state index contributed by atoms with van der Waals surface area (Å²) in [5.41, 5.74) is 0.453. The van der Waals surface area contributed by atoms with Crippen LogP contribution in [0.25, 0.3) is 0 Å². The highest BCUT2D eigenvalue weighted by atomic mass is 35.5. The van der Waals surface area contributed by atoms with Gasteiger partial charge in [-0.25, -0.2) is 9.69 Å². The van der Waals surface area contributed by atoms with E-state index in [2.05, 4.69) is 0 Å². The summed E-state index contributed by atoms with van der Waals surface area (Å²) in [4.78, 5) is 27.3. The molecule has 0 aromatic heterocycles. The number of rotatable bonds is 2. The molecule has 0 radical (unpaired) electrons. The number of benzene rings is 1. The van der Waals surface area contributed by atoms with Gasteiger partial charge in [0.25, 0.3) is 0 Å². The molecule has 0 aliphatic carbocycles. The number of amides is 3. The molecule has 1 atom stereocenters. The number of hydrogen-bond donors (Lipinski definition) is 0. The second kappa shape index (κ2) is 5.39. The van der Waals surface area contributed by atoms with Crippen LogP contribution in [0.2, 0.25) is 10.0 Å². The van der Waals surface area contributed by atoms with Crippen LogP contribution < -0.4 is 4.90 Å². The number of carbonyl (C=O) groups is 2. The first-order chi connectivity index (χ1) is 8.95. The van der Waals surface area contributed by atoms with E-state index in [1.807, 2.05) is 13.8 Å². The van der Waals surface area contributed by atoms with Gasteiger partial charge in [-0.1, -0.05) is 30.1 Å². The van der Waals surface area contributed by atoms with Gasteiger partial charge in [0.15, 0.2) is 0 Å². The van der Waals surface area contributed by atoms with E-state index in [9.17, 15) is 9.59 Å². The number of halogens is 2. The van der Waals surface area contributed by atoms with Gasteiger partial charge in [-0.05, 0) is 25.1 Å². The maximum atomic E-state index is 12.3. The molecule has 6 heteroatoms. The number of anilines is 1. The maximum Gasteiger partial charge on any atom is 0.331 e. The molecular weight excluding hydrogens is 287 g/mol. The van der Waals surface area contributed by atoms with Crippen LogP contribution in [0, 0.1) is 5.92 Å². The van der Waals surface area contributed by atoms with Crippen molar-refractivity contribution in [3.8, 4) is 0 Å². The number of nitrogens with zero attached hydrogens (tertiary/aromatic N) is 2. The van der Waals surface area contributed by atoms with Crippen molar-refractivity contribution in [2.75, 3.05) is 18.0 Å². The SMILES string of the molecule is CCN1CC(C)C(=O)N(c2ccc(Cl)c(Cl)c2)C1=O. The fourth-order valence-electron chi connectivity index (χ4n) is 2.07. The van der Waals surface area contributed by atoms with Gasteiger partial charge in [-0.3, -0.25) is 4.79 Å². The van der Waals surface area contributed by atoms with Crippen LogP contribution in [0.4, 0.5) is 10.5 Å². The van der Waals surface area contributed by atoms with Crippen molar-refractivity contribution in [2.45, 2.75) is 13.8 Å². The Bertz CT molecular complexity index is 533. The first kappa shape index (κ1) is 14.2. The molecule has 1 aromatic rings. The number of imide groups is 1. The topological polar surface area (TPSA) is 40.6 Å². The Labute approximate surface area is 121 Å². The molecule has 3 amide bonds. The Hall–Kier alpha value is -1.26. The highest BCUT2D eigenvalue weighted by Gasteiger charge is 2.37. The molecule has 2 rings (SSSR count). The largest absolute Gasteiger partial charge is 0.331 e. The Balaban J connectivity index is 2.42. The lowest BCUT2D eigenvalue weighted by Crippen LogP contribution is -2.56. The van der Waals surface area contributed by atoms with Crippen molar-refractivity contribution < 1.29 is 9.59 Å². The molecular formula is C13H14Cl2N2O2. The molecule has 1 saturated heterocycles. The lowest BCUT2D eigenvalue weighted by molar-refractivity contribution is -0.122. The molecule has 0 spiro atoms. The maximum absolute atomic E-state index is 12.3. The third kappa shape index (κ3) is 2.55. The van der Waals surface area contributed by atoms with Crippen LogP contribution in [0.15, 0.2) is 18.2 Å². The number of carbonyl (C=O) groups excluding carboxylic acids is 2. The van der Waals surface area contributed by atoms with Crippen LogP contribution in [-0.2, 0) is 4.79 Å². The molecule has 1 heterocycles. The van der Waals surface area contributed by atoms with Gasteiger partial charge in [-0.15, -0.1) is 0 Å². The number of hydrogen-bond acceptors (Lipinski definition) is 2. The monoisotopic (exact) mass is 300 g/mol. The van der Waals surface area contributed by atoms with Gasteiger partial charge in [0.2, 0.25) is 5.91 Å². The predicted molar refractivity (Wildman–Crippen MR) is 75.8 cm³/mol. The van der Waals surface area contributed by atoms with Gasteiger partial charge in [0.1, 0.15) is 0 Å². The van der Waals surface area contributed by atoms with Gasteiger partial charge < -0.3 is 4.90 Å². The highest BCUT2D eigenvalue weighted by molar-refractivity contribution is 6.42. The average Bonchev–Trinajstić information content (AvgIpc) is 2.38. The van der Waals surface area contributed by atoms with Crippen LogP contribution >= 0.6 is 23.2 Å². The minimum absolute atomic E-state index is 0.215. The van der Waals surface area contributed by atoms with E-state index in [1.165, 1.54) is 11.0 Å². The summed E-state index contributed by atoms with van der Waals surface area (Å²) in [6, 6.07) is 4.42. The molecule has 1 aliphatic rings. The van der Waals surface area contributed by atoms with E-state index < -0.39 is 0 Å². The van der Waals surface area contributed by atoms with Crippen molar-refractivity contribution in [3.05, 3.63) is 28.2 Å². The first-order valence-corrected chi connectivity index (χ1v) is 6.79. The van der Waals surface area contributed by atoms with Crippen LogP contribution in [0.5, 0.6) is 0 Å². The third-order valence-corrected chi connectivity index (χ3v) is 3.88. The van der Waals surface area contributed by atoms with Gasteiger partial charge in [0.05, 0.1) is 21.7 Å². The van der Waals surface area contributed by atoms with Gasteiger partial charge in [-0.2, -0.15) is 0 Å². The molecule has 0 N–H and O–H groups in total. The molecule has 1 aromatic carbocycles. The second-order valence-electron chi connectivity index (χ2n) is 4.49. The Morgan fingerprint density at radius 1 is 1.26 bits per heavy atom. The van der Waals surface area contributed by atoms with E-state index >= 15 is 0 Å². The molecule has 102 valence electrons. The first-order valence-electron chi connectivity index (χ1n) is 6.03. The van der Waals surface area contributed by atoms with Crippen molar-refractivity contribution in [2.24, 2.45) is 5.92 Å². The normalized spacial score (nSPS) is 20.1. The fourth-order valence-corrected chi connectivity index (χ4v) is 2.36. The van der Waals surface area contributed by atoms with E-state index in [1.54, 1.807) is 17.0 Å². The van der Waals surface area contributed by atoms with Crippen molar-refractivity contribution >= 4 is 40.8 Å². The van der Waals surface area contributed by atoms with Crippen LogP contribution in [0.1, 0.15) is 13.8 Å². The standard InChI is InChI=1S/C13H14Cl2N2O2/c1-3-16-7-8(2)12(18)17(13(16)19)9-4-5-10(14)11(15)6-9/h4-6,8H,3,7H2,1-2H3. The molecule has 1 fully saturated rings. The molecule has 0 bridgehead atoms. The lowest BCUT2D eigenvalue weighted by Gasteiger charge is -2.36. The van der Waals surface area contributed by atoms with Gasteiger partial charge >= 0.3 is 6.03 Å². The lowest BCUT2D eigenvalue weighted by atomic mass is 10.1. The zero-order valence-corrected chi connectivity index (χ0v) is 12.2. The zero-order valence-electron chi connectivity index (χ0n) is 10.7. The van der Waals surface area contributed by atoms with Crippen LogP contribution in [-0.4, -0.2) is 29.9 Å². The summed E-state index contributed by atoms with van der Waals surface area (Å²) in [7, 11) is 0. The Kier molecular flexibility index (Phi) is 4.02. The second-order valence-corrected chi connectivity index (χ2v) is 5.31. The van der Waals surface area contributed by atoms with E-state index in [0.717, 1.165) is 0 Å². The van der Waals surface area contributed by atoms with E-state index in [4.69, 9.17) is 23.2 Å². The summed E-state index contributed by atoms with van der Waals surface area (Å²) >= 11 is 11.8. The molecule has 1 aliphatic heterocycles. The summed E-state index contributed by atoms with van der Waals surface area (Å²) in [5.74, 6) is -0.444. The van der Waals surface area contributed by atoms with Crippen LogP contribution in [0.3, 0.4) is 0 Å². The zero-order chi connectivity index (χ0) is 14.2. The minimum atomic E-state index is -0.316. The highest BCUT2D eigenvalue weighted by Crippen LogP contribution is 2.30. The Morgan fingerprint density at radius 2 is 1.95 bits per heavy atom. The minimum Gasteiger partial charge on any atom is -0.323 e. The summed E-state index contributed by atoms with van der Waals surface area (Å²) in [6.07, 6.45) is 0. The smallest absolute Gasteiger partial charge is 0.323 e. The quantitative estimate of drug-likeness (QED) is 0.840. The summed E-state index contributed by atoms with van der Waals surface area (Å²) < 4.78 is 0. The Morgan fingerprint density at radius 3 is 2.53 bits per heavy atom. The molecule has 19 heavy (non-hydrogen) atoms. The van der Waals surface area contributed by atoms with Crippen molar-refractivity contribution in [1.82, 2.24) is 4.90 Å². The van der Waals surface area contributed by atoms with Crippen molar-refractivity contribution in [3.63, 3.8) is 0 Å². The van der Waals surface area contributed by atoms with Gasteiger partial charge in [0, 0.05) is 13.1 Å². The van der Waals surface area contributed by atoms with E-state index in [0.29, 0.717) is 28.8 Å². The third-order valence-electron chi connectivity index (χ3n) is 3.14. The summed E-state index contributed by atoms with van der Waals surface area (Å²) in [5, 5.41) is 0.712. The van der Waals surface area contributed by atoms with Crippen molar-refractivity contribution in [1.29, 1.82) is 0 Å². The fraction of sp³-hybridized carbons (Fsp3) is 0.385. The number of urea groups is 1. The molecule has 1 unspecified atom stereocenters.